The van der Waals surface area contributed by atoms with E-state index in [4.69, 9.17) is 0 Å². The van der Waals surface area contributed by atoms with Gasteiger partial charge < -0.3 is 5.11 Å². The first-order valence-electron chi connectivity index (χ1n) is 6.82. The lowest BCUT2D eigenvalue weighted by molar-refractivity contribution is -0.0485. The van der Waals surface area contributed by atoms with Gasteiger partial charge >= 0.3 is 0 Å². The van der Waals surface area contributed by atoms with Crippen molar-refractivity contribution >= 4 is 0 Å². The van der Waals surface area contributed by atoms with Gasteiger partial charge in [0.25, 0.3) is 0 Å². The Morgan fingerprint density at radius 1 is 1.31 bits per heavy atom. The molecule has 1 N–H and O–H groups in total. The van der Waals surface area contributed by atoms with E-state index in [0.717, 1.165) is 18.3 Å². The Bertz CT molecular complexity index is 281. The van der Waals surface area contributed by atoms with Crippen LogP contribution in [-0.4, -0.2) is 11.2 Å². The molecule has 2 aliphatic rings. The molecule has 0 aromatic heterocycles. The lowest BCUT2D eigenvalue weighted by Gasteiger charge is -2.50. The Balaban J connectivity index is 2.26. The summed E-state index contributed by atoms with van der Waals surface area (Å²) in [6.45, 7) is 9.24. The van der Waals surface area contributed by atoms with Crippen molar-refractivity contribution in [1.82, 2.24) is 0 Å². The summed E-state index contributed by atoms with van der Waals surface area (Å²) in [5, 5.41) is 10.3. The molecular formula is C15H26O. The number of aliphatic hydroxyl groups is 1. The summed E-state index contributed by atoms with van der Waals surface area (Å²) in [7, 11) is 0. The molecule has 1 heteroatoms. The van der Waals surface area contributed by atoms with Gasteiger partial charge in [-0.2, -0.15) is 0 Å². The Morgan fingerprint density at radius 2 is 2.00 bits per heavy atom. The molecule has 1 unspecified atom stereocenters. The molecule has 0 aliphatic heterocycles. The predicted molar refractivity (Wildman–Crippen MR) is 68.1 cm³/mol. The van der Waals surface area contributed by atoms with E-state index in [1.165, 1.54) is 12.8 Å². The fourth-order valence-corrected chi connectivity index (χ4v) is 3.71. The Hall–Kier alpha value is -0.300. The third-order valence-corrected chi connectivity index (χ3v) is 5.18. The summed E-state index contributed by atoms with van der Waals surface area (Å²) in [6.07, 6.45) is 8.00. The highest BCUT2D eigenvalue weighted by molar-refractivity contribution is 5.14. The third kappa shape index (κ3) is 1.84. The van der Waals surface area contributed by atoms with E-state index in [-0.39, 0.29) is 11.5 Å². The first-order chi connectivity index (χ1) is 7.45. The minimum atomic E-state index is -0.127. The van der Waals surface area contributed by atoms with Gasteiger partial charge in [-0.3, -0.25) is 0 Å². The molecule has 1 saturated carbocycles. The molecule has 16 heavy (non-hydrogen) atoms. The summed E-state index contributed by atoms with van der Waals surface area (Å²) in [5.41, 5.74) is 0.0447. The third-order valence-electron chi connectivity index (χ3n) is 5.18. The van der Waals surface area contributed by atoms with Crippen molar-refractivity contribution in [3.8, 4) is 0 Å². The number of allylic oxidation sites excluding steroid dienone is 1. The van der Waals surface area contributed by atoms with Crippen molar-refractivity contribution in [2.45, 2.75) is 53.1 Å². The molecule has 1 fully saturated rings. The lowest BCUT2D eigenvalue weighted by Crippen LogP contribution is -2.47. The van der Waals surface area contributed by atoms with Crippen LogP contribution in [0.4, 0.5) is 0 Å². The van der Waals surface area contributed by atoms with Crippen LogP contribution >= 0.6 is 0 Å². The number of hydrogen-bond donors (Lipinski definition) is 1. The highest BCUT2D eigenvalue weighted by Crippen LogP contribution is 2.51. The van der Waals surface area contributed by atoms with Crippen molar-refractivity contribution in [3.05, 3.63) is 12.2 Å². The largest absolute Gasteiger partial charge is 0.392 e. The van der Waals surface area contributed by atoms with Gasteiger partial charge in [0.05, 0.1) is 6.10 Å². The van der Waals surface area contributed by atoms with Crippen LogP contribution in [0.2, 0.25) is 0 Å². The fourth-order valence-electron chi connectivity index (χ4n) is 3.71. The quantitative estimate of drug-likeness (QED) is 0.672. The van der Waals surface area contributed by atoms with Gasteiger partial charge in [0.1, 0.15) is 0 Å². The zero-order valence-corrected chi connectivity index (χ0v) is 11.1. The zero-order valence-electron chi connectivity index (χ0n) is 11.1. The molecule has 0 bridgehead atoms. The Labute approximate surface area is 99.9 Å². The van der Waals surface area contributed by atoms with Crippen molar-refractivity contribution < 1.29 is 5.11 Å². The van der Waals surface area contributed by atoms with Gasteiger partial charge in [-0.15, -0.1) is 0 Å². The monoisotopic (exact) mass is 222 g/mol. The van der Waals surface area contributed by atoms with E-state index >= 15 is 0 Å². The van der Waals surface area contributed by atoms with Gasteiger partial charge in [-0.05, 0) is 42.9 Å². The van der Waals surface area contributed by atoms with Crippen molar-refractivity contribution in [2.24, 2.45) is 29.1 Å². The second-order valence-electron chi connectivity index (χ2n) is 6.55. The molecule has 1 nitrogen and oxygen atoms in total. The van der Waals surface area contributed by atoms with Crippen LogP contribution in [0, 0.1) is 29.1 Å². The molecule has 0 saturated heterocycles. The molecule has 92 valence electrons. The first-order valence-corrected chi connectivity index (χ1v) is 6.82. The number of fused-ring (bicyclic) bond motifs is 1. The maximum absolute atomic E-state index is 10.3. The topological polar surface area (TPSA) is 20.2 Å². The van der Waals surface area contributed by atoms with Gasteiger partial charge in [0.15, 0.2) is 0 Å². The van der Waals surface area contributed by atoms with Crippen LogP contribution in [0.5, 0.6) is 0 Å². The molecule has 5 atom stereocenters. The van der Waals surface area contributed by atoms with Crippen LogP contribution < -0.4 is 0 Å². The molecule has 0 aromatic carbocycles. The summed E-state index contributed by atoms with van der Waals surface area (Å²) >= 11 is 0. The number of aliphatic hydroxyl groups excluding tert-OH is 1. The SMILES string of the molecule is CC(C)[C@@H]1C=C[C@@]2(C)C(O)CC[C@H](C)[C@@H]2C1. The Kier molecular flexibility index (Phi) is 3.18. The highest BCUT2D eigenvalue weighted by atomic mass is 16.3. The first kappa shape index (κ1) is 12.2. The van der Waals surface area contributed by atoms with E-state index < -0.39 is 0 Å². The standard InChI is InChI=1S/C15H26O/c1-10(2)12-7-8-15(4)13(9-12)11(3)5-6-14(15)16/h7-8,10-14,16H,5-6,9H2,1-4H3/t11-,12+,13-,14?,15+/m0/s1. The summed E-state index contributed by atoms with van der Waals surface area (Å²) in [5.74, 6) is 2.88. The second kappa shape index (κ2) is 4.18. The minimum absolute atomic E-state index is 0.0447. The van der Waals surface area contributed by atoms with Gasteiger partial charge in [-0.25, -0.2) is 0 Å². The molecule has 0 aromatic rings. The van der Waals surface area contributed by atoms with Crippen molar-refractivity contribution in [3.63, 3.8) is 0 Å². The smallest absolute Gasteiger partial charge is 0.0631 e. The van der Waals surface area contributed by atoms with Crippen LogP contribution in [0.1, 0.15) is 47.0 Å². The van der Waals surface area contributed by atoms with Crippen molar-refractivity contribution in [2.75, 3.05) is 0 Å². The molecular weight excluding hydrogens is 196 g/mol. The van der Waals surface area contributed by atoms with Gasteiger partial charge in [0, 0.05) is 5.41 Å². The molecule has 0 heterocycles. The number of hydrogen-bond acceptors (Lipinski definition) is 1. The van der Waals surface area contributed by atoms with E-state index in [9.17, 15) is 5.11 Å². The normalized spacial score (nSPS) is 48.1. The summed E-state index contributed by atoms with van der Waals surface area (Å²) < 4.78 is 0. The average Bonchev–Trinajstić information content (AvgIpc) is 2.24. The molecule has 0 radical (unpaired) electrons. The lowest BCUT2D eigenvalue weighted by atomic mass is 9.56. The van der Waals surface area contributed by atoms with Crippen LogP contribution in [0.3, 0.4) is 0 Å². The molecule has 0 amide bonds. The van der Waals surface area contributed by atoms with Crippen molar-refractivity contribution in [1.29, 1.82) is 0 Å². The van der Waals surface area contributed by atoms with E-state index in [0.29, 0.717) is 11.8 Å². The maximum Gasteiger partial charge on any atom is 0.0631 e. The predicted octanol–water partition coefficient (Wildman–Crippen LogP) is 3.63. The average molecular weight is 222 g/mol. The minimum Gasteiger partial charge on any atom is -0.392 e. The zero-order chi connectivity index (χ0) is 11.9. The van der Waals surface area contributed by atoms with E-state index in [1.54, 1.807) is 0 Å². The van der Waals surface area contributed by atoms with E-state index in [1.807, 2.05) is 0 Å². The fraction of sp³-hybridized carbons (Fsp3) is 0.867. The summed E-state index contributed by atoms with van der Waals surface area (Å²) in [4.78, 5) is 0. The Morgan fingerprint density at radius 3 is 2.62 bits per heavy atom. The maximum atomic E-state index is 10.3. The van der Waals surface area contributed by atoms with Crippen LogP contribution in [0.25, 0.3) is 0 Å². The van der Waals surface area contributed by atoms with E-state index in [2.05, 4.69) is 39.8 Å². The van der Waals surface area contributed by atoms with Gasteiger partial charge in [0.2, 0.25) is 0 Å². The summed E-state index contributed by atoms with van der Waals surface area (Å²) in [6, 6.07) is 0. The molecule has 2 aliphatic carbocycles. The molecule has 2 rings (SSSR count). The van der Waals surface area contributed by atoms with Crippen LogP contribution in [0.15, 0.2) is 12.2 Å². The van der Waals surface area contributed by atoms with Gasteiger partial charge in [-0.1, -0.05) is 39.8 Å². The molecule has 0 spiro atoms. The highest BCUT2D eigenvalue weighted by Gasteiger charge is 2.47. The number of rotatable bonds is 1. The van der Waals surface area contributed by atoms with Crippen LogP contribution in [-0.2, 0) is 0 Å². The second-order valence-corrected chi connectivity index (χ2v) is 6.55.